The van der Waals surface area contributed by atoms with Crippen LogP contribution < -0.4 is 0 Å². The predicted octanol–water partition coefficient (Wildman–Crippen LogP) is 2.17. The lowest BCUT2D eigenvalue weighted by molar-refractivity contribution is 0.0526. The Balaban J connectivity index is 2.05. The van der Waals surface area contributed by atoms with Crippen molar-refractivity contribution < 1.29 is 9.53 Å². The second-order valence-electron chi connectivity index (χ2n) is 3.23. The van der Waals surface area contributed by atoms with Crippen LogP contribution in [0.4, 0.5) is 0 Å². The minimum absolute atomic E-state index is 0.320. The van der Waals surface area contributed by atoms with Crippen LogP contribution in [0.1, 0.15) is 22.2 Å². The summed E-state index contributed by atoms with van der Waals surface area (Å²) in [6, 6.07) is 4.03. The third-order valence-corrected chi connectivity index (χ3v) is 2.90. The summed E-state index contributed by atoms with van der Waals surface area (Å²) in [5, 5.41) is 6.14. The average molecular weight is 236 g/mol. The van der Waals surface area contributed by atoms with Gasteiger partial charge in [-0.15, -0.1) is 11.3 Å². The minimum Gasteiger partial charge on any atom is -0.462 e. The smallest absolute Gasteiger partial charge is 0.341 e. The molecule has 0 atom stereocenters. The Bertz CT molecular complexity index is 462. The fourth-order valence-corrected chi connectivity index (χ4v) is 2.03. The molecule has 2 heterocycles. The SMILES string of the molecule is CCOC(=O)c1cnn(Cc2cccs2)c1. The lowest BCUT2D eigenvalue weighted by Gasteiger charge is -1.98. The van der Waals surface area contributed by atoms with Crippen LogP contribution in [0.25, 0.3) is 0 Å². The molecule has 0 aliphatic heterocycles. The standard InChI is InChI=1S/C11H12N2O2S/c1-2-15-11(14)9-6-12-13(7-9)8-10-4-3-5-16-10/h3-7H,2,8H2,1H3. The Labute approximate surface area is 97.5 Å². The van der Waals surface area contributed by atoms with Crippen molar-refractivity contribution in [3.05, 3.63) is 40.3 Å². The second kappa shape index (κ2) is 4.94. The molecular formula is C11H12N2O2S. The summed E-state index contributed by atoms with van der Waals surface area (Å²) in [4.78, 5) is 12.6. The highest BCUT2D eigenvalue weighted by molar-refractivity contribution is 7.09. The Morgan fingerprint density at radius 1 is 1.62 bits per heavy atom. The van der Waals surface area contributed by atoms with Gasteiger partial charge in [0.05, 0.1) is 24.9 Å². The quantitative estimate of drug-likeness (QED) is 0.764. The molecule has 5 heteroatoms. The van der Waals surface area contributed by atoms with E-state index in [2.05, 4.69) is 5.10 Å². The van der Waals surface area contributed by atoms with Crippen LogP contribution >= 0.6 is 11.3 Å². The molecule has 0 aromatic carbocycles. The largest absolute Gasteiger partial charge is 0.462 e. The number of carbonyl (C=O) groups is 1. The molecule has 0 aliphatic rings. The number of nitrogens with zero attached hydrogens (tertiary/aromatic N) is 2. The van der Waals surface area contributed by atoms with Crippen LogP contribution in [0.5, 0.6) is 0 Å². The fourth-order valence-electron chi connectivity index (χ4n) is 1.33. The zero-order valence-corrected chi connectivity index (χ0v) is 9.74. The van der Waals surface area contributed by atoms with Crippen LogP contribution in [0.2, 0.25) is 0 Å². The predicted molar refractivity (Wildman–Crippen MR) is 61.6 cm³/mol. The molecule has 4 nitrogen and oxygen atoms in total. The lowest BCUT2D eigenvalue weighted by Crippen LogP contribution is -2.03. The van der Waals surface area contributed by atoms with Crippen molar-refractivity contribution in [1.82, 2.24) is 9.78 Å². The molecule has 0 fully saturated rings. The molecule has 0 bridgehead atoms. The topological polar surface area (TPSA) is 44.1 Å². The first-order chi connectivity index (χ1) is 7.79. The first-order valence-electron chi connectivity index (χ1n) is 5.01. The van der Waals surface area contributed by atoms with Gasteiger partial charge >= 0.3 is 5.97 Å². The summed E-state index contributed by atoms with van der Waals surface area (Å²) in [6.07, 6.45) is 3.24. The molecular weight excluding hydrogens is 224 g/mol. The number of rotatable bonds is 4. The Hall–Kier alpha value is -1.62. The Morgan fingerprint density at radius 3 is 3.19 bits per heavy atom. The normalized spacial score (nSPS) is 10.3. The van der Waals surface area contributed by atoms with Gasteiger partial charge in [-0.3, -0.25) is 4.68 Å². The van der Waals surface area contributed by atoms with Gasteiger partial charge in [-0.05, 0) is 18.4 Å². The third-order valence-electron chi connectivity index (χ3n) is 2.04. The van der Waals surface area contributed by atoms with Gasteiger partial charge in [0.1, 0.15) is 0 Å². The first kappa shape index (κ1) is 10.9. The average Bonchev–Trinajstić information content (AvgIpc) is 2.90. The van der Waals surface area contributed by atoms with E-state index in [1.807, 2.05) is 17.5 Å². The molecule has 0 N–H and O–H groups in total. The summed E-state index contributed by atoms with van der Waals surface area (Å²) in [5.41, 5.74) is 0.499. The molecule has 0 radical (unpaired) electrons. The third kappa shape index (κ3) is 2.49. The summed E-state index contributed by atoms with van der Waals surface area (Å²) in [6.45, 7) is 2.86. The van der Waals surface area contributed by atoms with Crippen LogP contribution in [-0.4, -0.2) is 22.4 Å². The molecule has 16 heavy (non-hydrogen) atoms. The fraction of sp³-hybridized carbons (Fsp3) is 0.273. The molecule has 2 aromatic heterocycles. The zero-order valence-electron chi connectivity index (χ0n) is 8.92. The number of hydrogen-bond acceptors (Lipinski definition) is 4. The van der Waals surface area contributed by atoms with Gasteiger partial charge in [-0.25, -0.2) is 4.79 Å². The Kier molecular flexibility index (Phi) is 3.36. The van der Waals surface area contributed by atoms with Crippen molar-refractivity contribution in [2.24, 2.45) is 0 Å². The minimum atomic E-state index is -0.320. The van der Waals surface area contributed by atoms with Crippen molar-refractivity contribution >= 4 is 17.3 Å². The van der Waals surface area contributed by atoms with Crippen LogP contribution in [0, 0.1) is 0 Å². The van der Waals surface area contributed by atoms with E-state index in [-0.39, 0.29) is 5.97 Å². The van der Waals surface area contributed by atoms with Crippen molar-refractivity contribution in [3.8, 4) is 0 Å². The number of esters is 1. The van der Waals surface area contributed by atoms with Crippen LogP contribution in [-0.2, 0) is 11.3 Å². The lowest BCUT2D eigenvalue weighted by atomic mass is 10.4. The van der Waals surface area contributed by atoms with Crippen LogP contribution in [0.3, 0.4) is 0 Å². The molecule has 0 amide bonds. The summed E-state index contributed by atoms with van der Waals surface area (Å²) in [5.74, 6) is -0.320. The molecule has 2 aromatic rings. The zero-order chi connectivity index (χ0) is 11.4. The summed E-state index contributed by atoms with van der Waals surface area (Å²) in [7, 11) is 0. The molecule has 84 valence electrons. The van der Waals surface area contributed by atoms with E-state index >= 15 is 0 Å². The maximum atomic E-state index is 11.4. The van der Waals surface area contributed by atoms with Gasteiger partial charge in [0.2, 0.25) is 0 Å². The summed E-state index contributed by atoms with van der Waals surface area (Å²) >= 11 is 1.67. The number of aromatic nitrogens is 2. The van der Waals surface area contributed by atoms with E-state index in [1.165, 1.54) is 11.1 Å². The van der Waals surface area contributed by atoms with E-state index in [1.54, 1.807) is 29.1 Å². The van der Waals surface area contributed by atoms with Gasteiger partial charge in [0, 0.05) is 11.1 Å². The van der Waals surface area contributed by atoms with E-state index in [0.29, 0.717) is 18.7 Å². The van der Waals surface area contributed by atoms with E-state index in [4.69, 9.17) is 4.74 Å². The van der Waals surface area contributed by atoms with Gasteiger partial charge in [0.15, 0.2) is 0 Å². The molecule has 0 unspecified atom stereocenters. The highest BCUT2D eigenvalue weighted by Gasteiger charge is 2.09. The molecule has 0 saturated carbocycles. The maximum absolute atomic E-state index is 11.4. The van der Waals surface area contributed by atoms with Crippen molar-refractivity contribution in [2.45, 2.75) is 13.5 Å². The summed E-state index contributed by atoms with van der Waals surface area (Å²) < 4.78 is 6.62. The van der Waals surface area contributed by atoms with Gasteiger partial charge in [-0.1, -0.05) is 6.07 Å². The maximum Gasteiger partial charge on any atom is 0.341 e. The molecule has 2 rings (SSSR count). The monoisotopic (exact) mass is 236 g/mol. The number of ether oxygens (including phenoxy) is 1. The van der Waals surface area contributed by atoms with Gasteiger partial charge in [-0.2, -0.15) is 5.10 Å². The van der Waals surface area contributed by atoms with E-state index < -0.39 is 0 Å². The molecule has 0 spiro atoms. The second-order valence-corrected chi connectivity index (χ2v) is 4.26. The van der Waals surface area contributed by atoms with Crippen molar-refractivity contribution in [3.63, 3.8) is 0 Å². The van der Waals surface area contributed by atoms with E-state index in [9.17, 15) is 4.79 Å². The van der Waals surface area contributed by atoms with Crippen molar-refractivity contribution in [2.75, 3.05) is 6.61 Å². The first-order valence-corrected chi connectivity index (χ1v) is 5.89. The number of hydrogen-bond donors (Lipinski definition) is 0. The van der Waals surface area contributed by atoms with Gasteiger partial charge in [0.25, 0.3) is 0 Å². The highest BCUT2D eigenvalue weighted by atomic mass is 32.1. The van der Waals surface area contributed by atoms with Crippen LogP contribution in [0.15, 0.2) is 29.9 Å². The van der Waals surface area contributed by atoms with Gasteiger partial charge < -0.3 is 4.74 Å². The number of carbonyl (C=O) groups excluding carboxylic acids is 1. The highest BCUT2D eigenvalue weighted by Crippen LogP contribution is 2.10. The molecule has 0 saturated heterocycles. The number of thiophene rings is 1. The Morgan fingerprint density at radius 2 is 2.50 bits per heavy atom. The van der Waals surface area contributed by atoms with E-state index in [0.717, 1.165) is 0 Å². The molecule has 0 aliphatic carbocycles. The van der Waals surface area contributed by atoms with Crippen molar-refractivity contribution in [1.29, 1.82) is 0 Å².